The molecular formula is C15H22ClNO2S. The van der Waals surface area contributed by atoms with E-state index in [0.29, 0.717) is 0 Å². The number of halogens is 1. The first-order valence-electron chi connectivity index (χ1n) is 6.67. The Kier molecular flexibility index (Phi) is 7.41. The fourth-order valence-corrected chi connectivity index (χ4v) is 3.11. The summed E-state index contributed by atoms with van der Waals surface area (Å²) < 4.78 is 4.82. The van der Waals surface area contributed by atoms with Crippen LogP contribution in [0.4, 0.5) is 0 Å². The zero-order chi connectivity index (χ0) is 15.0. The maximum Gasteiger partial charge on any atom is 0.325 e. The van der Waals surface area contributed by atoms with E-state index in [1.165, 1.54) is 12.0 Å². The Morgan fingerprint density at radius 1 is 1.45 bits per heavy atom. The van der Waals surface area contributed by atoms with E-state index in [4.69, 9.17) is 16.3 Å². The van der Waals surface area contributed by atoms with Gasteiger partial charge in [0.2, 0.25) is 0 Å². The molecule has 1 N–H and O–H groups in total. The van der Waals surface area contributed by atoms with E-state index in [-0.39, 0.29) is 5.97 Å². The van der Waals surface area contributed by atoms with Gasteiger partial charge in [-0.2, -0.15) is 0 Å². The van der Waals surface area contributed by atoms with Crippen molar-refractivity contribution in [1.29, 1.82) is 0 Å². The van der Waals surface area contributed by atoms with E-state index >= 15 is 0 Å². The molecule has 0 amide bonds. The smallest absolute Gasteiger partial charge is 0.325 e. The minimum Gasteiger partial charge on any atom is -0.468 e. The van der Waals surface area contributed by atoms with E-state index in [2.05, 4.69) is 11.4 Å². The molecule has 20 heavy (non-hydrogen) atoms. The third-order valence-corrected chi connectivity index (χ3v) is 4.64. The number of likely N-dealkylation sites (N-methyl/N-ethyl adjacent to an activating group) is 1. The molecule has 0 aliphatic carbocycles. The van der Waals surface area contributed by atoms with Gasteiger partial charge in [0.1, 0.15) is 5.54 Å². The van der Waals surface area contributed by atoms with Gasteiger partial charge in [0, 0.05) is 9.92 Å². The molecule has 1 aromatic rings. The molecule has 1 aromatic carbocycles. The van der Waals surface area contributed by atoms with Crippen molar-refractivity contribution in [2.45, 2.75) is 36.6 Å². The first-order chi connectivity index (χ1) is 9.51. The van der Waals surface area contributed by atoms with Gasteiger partial charge in [0.05, 0.1) is 7.11 Å². The van der Waals surface area contributed by atoms with Crippen LogP contribution in [0.15, 0.2) is 29.2 Å². The summed E-state index contributed by atoms with van der Waals surface area (Å²) in [6, 6.07) is 7.86. The van der Waals surface area contributed by atoms with Crippen LogP contribution >= 0.6 is 23.4 Å². The van der Waals surface area contributed by atoms with Gasteiger partial charge in [0.15, 0.2) is 0 Å². The average Bonchev–Trinajstić information content (AvgIpc) is 2.45. The molecule has 1 rings (SSSR count). The lowest BCUT2D eigenvalue weighted by atomic mass is 9.95. The second kappa shape index (κ2) is 8.55. The third kappa shape index (κ3) is 5.35. The quantitative estimate of drug-likeness (QED) is 0.450. The Balaban J connectivity index is 2.29. The van der Waals surface area contributed by atoms with Crippen LogP contribution in [0.1, 0.15) is 26.2 Å². The molecule has 0 fully saturated rings. The van der Waals surface area contributed by atoms with Crippen LogP contribution in [0.2, 0.25) is 5.02 Å². The van der Waals surface area contributed by atoms with Crippen LogP contribution in [0.5, 0.6) is 0 Å². The molecule has 112 valence electrons. The van der Waals surface area contributed by atoms with Crippen molar-refractivity contribution in [2.24, 2.45) is 0 Å². The maximum absolute atomic E-state index is 11.7. The zero-order valence-corrected chi connectivity index (χ0v) is 13.8. The second-order valence-electron chi connectivity index (χ2n) is 4.84. The molecule has 1 atom stereocenters. The predicted molar refractivity (Wildman–Crippen MR) is 85.5 cm³/mol. The Bertz CT molecular complexity index is 442. The Hall–Kier alpha value is -0.710. The molecule has 0 radical (unpaired) electrons. The Labute approximate surface area is 130 Å². The molecule has 0 aliphatic heterocycles. The molecule has 0 aromatic heterocycles. The van der Waals surface area contributed by atoms with Crippen molar-refractivity contribution in [1.82, 2.24) is 5.32 Å². The maximum atomic E-state index is 11.7. The summed E-state index contributed by atoms with van der Waals surface area (Å²) in [6.45, 7) is 1.88. The zero-order valence-electron chi connectivity index (χ0n) is 12.2. The normalized spacial score (nSPS) is 13.8. The third-order valence-electron chi connectivity index (χ3n) is 3.32. The Morgan fingerprint density at radius 3 is 2.80 bits per heavy atom. The molecule has 1 unspecified atom stereocenters. The van der Waals surface area contributed by atoms with Crippen molar-refractivity contribution in [2.75, 3.05) is 19.9 Å². The number of carbonyl (C=O) groups excluding carboxylic acids is 1. The lowest BCUT2D eigenvalue weighted by molar-refractivity contribution is -0.148. The van der Waals surface area contributed by atoms with Gasteiger partial charge in [-0.3, -0.25) is 4.79 Å². The summed E-state index contributed by atoms with van der Waals surface area (Å²) >= 11 is 7.73. The number of ether oxygens (including phenoxy) is 1. The highest BCUT2D eigenvalue weighted by Gasteiger charge is 2.31. The van der Waals surface area contributed by atoms with E-state index in [1.54, 1.807) is 18.8 Å². The van der Waals surface area contributed by atoms with Crippen LogP contribution in [0.3, 0.4) is 0 Å². The monoisotopic (exact) mass is 315 g/mol. The van der Waals surface area contributed by atoms with Gasteiger partial charge in [-0.15, -0.1) is 11.8 Å². The highest BCUT2D eigenvalue weighted by Crippen LogP contribution is 2.23. The molecule has 0 aliphatic rings. The molecule has 3 nitrogen and oxygen atoms in total. The summed E-state index contributed by atoms with van der Waals surface area (Å²) in [6.07, 6.45) is 2.79. The lowest BCUT2D eigenvalue weighted by Crippen LogP contribution is -2.48. The minimum absolute atomic E-state index is 0.206. The van der Waals surface area contributed by atoms with Crippen LogP contribution in [-0.2, 0) is 9.53 Å². The van der Waals surface area contributed by atoms with Crippen LogP contribution in [0.25, 0.3) is 0 Å². The Morgan fingerprint density at radius 2 is 2.20 bits per heavy atom. The molecule has 0 spiro atoms. The summed E-state index contributed by atoms with van der Waals surface area (Å²) in [5.41, 5.74) is -0.588. The average molecular weight is 316 g/mol. The topological polar surface area (TPSA) is 38.3 Å². The molecule has 0 heterocycles. The van der Waals surface area contributed by atoms with Crippen molar-refractivity contribution < 1.29 is 9.53 Å². The highest BCUT2D eigenvalue weighted by molar-refractivity contribution is 7.99. The summed E-state index contributed by atoms with van der Waals surface area (Å²) in [5, 5.41) is 3.81. The highest BCUT2D eigenvalue weighted by atomic mass is 35.5. The fourth-order valence-electron chi connectivity index (χ4n) is 1.88. The van der Waals surface area contributed by atoms with Crippen LogP contribution in [-0.4, -0.2) is 31.4 Å². The van der Waals surface area contributed by atoms with E-state index in [9.17, 15) is 4.79 Å². The molecule has 0 saturated carbocycles. The summed E-state index contributed by atoms with van der Waals surface area (Å²) in [7, 11) is 3.21. The minimum atomic E-state index is -0.588. The number of nitrogens with one attached hydrogen (secondary N) is 1. The summed E-state index contributed by atoms with van der Waals surface area (Å²) in [4.78, 5) is 12.9. The van der Waals surface area contributed by atoms with E-state index < -0.39 is 5.54 Å². The van der Waals surface area contributed by atoms with Crippen LogP contribution in [0, 0.1) is 0 Å². The first kappa shape index (κ1) is 17.3. The predicted octanol–water partition coefficient (Wildman–Crippen LogP) is 3.75. The molecular weight excluding hydrogens is 294 g/mol. The summed E-state index contributed by atoms with van der Waals surface area (Å²) in [5.74, 6) is 0.809. The lowest BCUT2D eigenvalue weighted by Gasteiger charge is -2.25. The number of hydrogen-bond acceptors (Lipinski definition) is 4. The number of unbranched alkanes of at least 4 members (excludes halogenated alkanes) is 1. The molecule has 0 saturated heterocycles. The van der Waals surface area contributed by atoms with Crippen molar-refractivity contribution in [3.63, 3.8) is 0 Å². The van der Waals surface area contributed by atoms with Gasteiger partial charge < -0.3 is 10.1 Å². The number of benzene rings is 1. The number of hydrogen-bond donors (Lipinski definition) is 1. The largest absolute Gasteiger partial charge is 0.468 e. The standard InChI is InChI=1S/C15H22ClNO2S/c1-15(17-2,14(18)19-3)9-4-5-10-20-13-8-6-7-12(16)11-13/h6-8,11,17H,4-5,9-10H2,1-3H3. The van der Waals surface area contributed by atoms with Crippen molar-refractivity contribution in [3.05, 3.63) is 29.3 Å². The first-order valence-corrected chi connectivity index (χ1v) is 8.04. The fraction of sp³-hybridized carbons (Fsp3) is 0.533. The van der Waals surface area contributed by atoms with Crippen LogP contribution < -0.4 is 5.32 Å². The number of rotatable bonds is 8. The van der Waals surface area contributed by atoms with Gasteiger partial charge in [-0.25, -0.2) is 0 Å². The number of esters is 1. The second-order valence-corrected chi connectivity index (χ2v) is 6.44. The number of thioether (sulfide) groups is 1. The van der Waals surface area contributed by atoms with Gasteiger partial charge in [-0.05, 0) is 50.8 Å². The SMILES string of the molecule is CNC(C)(CCCCSc1cccc(Cl)c1)C(=O)OC. The van der Waals surface area contributed by atoms with E-state index in [1.807, 2.05) is 25.1 Å². The van der Waals surface area contributed by atoms with Gasteiger partial charge in [-0.1, -0.05) is 24.1 Å². The number of methoxy groups -OCH3 is 1. The van der Waals surface area contributed by atoms with Gasteiger partial charge in [0.25, 0.3) is 0 Å². The van der Waals surface area contributed by atoms with E-state index in [0.717, 1.165) is 30.0 Å². The van der Waals surface area contributed by atoms with Crippen molar-refractivity contribution >= 4 is 29.3 Å². The number of carbonyl (C=O) groups is 1. The molecule has 0 bridgehead atoms. The van der Waals surface area contributed by atoms with Crippen molar-refractivity contribution in [3.8, 4) is 0 Å². The van der Waals surface area contributed by atoms with Gasteiger partial charge >= 0.3 is 5.97 Å². The molecule has 5 heteroatoms.